The van der Waals surface area contributed by atoms with Crippen molar-refractivity contribution in [3.8, 4) is 21.1 Å². The van der Waals surface area contributed by atoms with E-state index in [9.17, 15) is 33.9 Å². The molecule has 9 aromatic heterocycles. The van der Waals surface area contributed by atoms with Gasteiger partial charge in [0.15, 0.2) is 38.6 Å². The monoisotopic (exact) mass is 1010 g/mol. The van der Waals surface area contributed by atoms with Crippen LogP contribution in [0.3, 0.4) is 0 Å². The first-order valence-electron chi connectivity index (χ1n) is 17.3. The number of fused-ring (bicyclic) bond motifs is 3. The predicted octanol–water partition coefficient (Wildman–Crippen LogP) is 2.88. The van der Waals surface area contributed by atoms with Crippen LogP contribution in [-0.4, -0.2) is 89.6 Å². The number of hydrogen-bond acceptors (Lipinski definition) is 18. The van der Waals surface area contributed by atoms with Gasteiger partial charge in [-0.15, -0.1) is 34.0 Å². The summed E-state index contributed by atoms with van der Waals surface area (Å²) < 4.78 is 9.12. The van der Waals surface area contributed by atoms with E-state index in [4.69, 9.17) is 44.6 Å². The minimum absolute atomic E-state index is 0. The van der Waals surface area contributed by atoms with Crippen LogP contribution >= 0.6 is 68.8 Å². The van der Waals surface area contributed by atoms with Crippen molar-refractivity contribution in [1.82, 2.24) is 43.6 Å². The molecule has 9 aromatic rings. The zero-order valence-electron chi connectivity index (χ0n) is 33.0. The van der Waals surface area contributed by atoms with Gasteiger partial charge in [-0.2, -0.15) is 0 Å². The number of thiazole rings is 3. The van der Waals surface area contributed by atoms with E-state index in [1.807, 2.05) is 0 Å². The number of pyridine rings is 6. The molecule has 328 valence electrons. The topological polar surface area (TPSA) is 306 Å². The van der Waals surface area contributed by atoms with Crippen LogP contribution in [0.1, 0.15) is 38.0 Å². The second-order valence-electron chi connectivity index (χ2n) is 12.0. The van der Waals surface area contributed by atoms with Gasteiger partial charge in [0.05, 0.1) is 22.8 Å². The Morgan fingerprint density at radius 1 is 0.708 bits per heavy atom. The van der Waals surface area contributed by atoms with E-state index in [0.29, 0.717) is 27.3 Å². The Labute approximate surface area is 411 Å². The van der Waals surface area contributed by atoms with Crippen LogP contribution in [-0.2, 0) is 4.74 Å². The predicted molar refractivity (Wildman–Crippen MR) is 240 cm³/mol. The molecule has 0 spiro atoms. The van der Waals surface area contributed by atoms with Crippen LogP contribution in [0.15, 0.2) is 97.9 Å². The number of carboxylic acids is 1. The van der Waals surface area contributed by atoms with Crippen molar-refractivity contribution in [3.63, 3.8) is 0 Å². The SMILES string of the molecule is CCOC(=O)c1cn(-c2nccs2)c2nc(Cl)ccc2c1=O.O.O=C(O)c1cn(-c2nccs2)c2nc(Cl)ccc2c1=O.O=Cc1c(O)c2ccc(Cl)nc2n(-c2nccs2)c1=O.[Na+].[OH-]. The normalized spacial score (nSPS) is 10.3. The van der Waals surface area contributed by atoms with Gasteiger partial charge in [0.1, 0.15) is 37.9 Å². The minimum Gasteiger partial charge on any atom is -0.870 e. The molecular formula is C38H25Cl3N9NaO11S3. The number of esters is 1. The van der Waals surface area contributed by atoms with E-state index < -0.39 is 34.1 Å². The fourth-order valence-corrected chi connectivity index (χ4v) is 7.99. The molecule has 0 aliphatic heterocycles. The van der Waals surface area contributed by atoms with Gasteiger partial charge in [0, 0.05) is 47.1 Å². The average Bonchev–Trinajstić information content (AvgIpc) is 4.08. The third-order valence-electron chi connectivity index (χ3n) is 8.34. The fraction of sp³-hybridized carbons (Fsp3) is 0.0526. The van der Waals surface area contributed by atoms with Crippen molar-refractivity contribution in [1.29, 1.82) is 0 Å². The molecular weight excluding hydrogens is 984 g/mol. The first kappa shape index (κ1) is 51.8. The van der Waals surface area contributed by atoms with Crippen molar-refractivity contribution < 1.29 is 69.8 Å². The maximum atomic E-state index is 12.5. The van der Waals surface area contributed by atoms with Gasteiger partial charge in [-0.05, 0) is 43.3 Å². The Bertz CT molecular complexity index is 3370. The Morgan fingerprint density at radius 3 is 1.57 bits per heavy atom. The molecule has 27 heteroatoms. The van der Waals surface area contributed by atoms with Crippen molar-refractivity contribution in [2.75, 3.05) is 6.61 Å². The third kappa shape index (κ3) is 10.7. The second-order valence-corrected chi connectivity index (χ2v) is 15.8. The van der Waals surface area contributed by atoms with Gasteiger partial charge in [0.25, 0.3) is 5.56 Å². The van der Waals surface area contributed by atoms with E-state index in [-0.39, 0.29) is 107 Å². The van der Waals surface area contributed by atoms with E-state index in [1.54, 1.807) is 46.1 Å². The smallest absolute Gasteiger partial charge is 0.870 e. The zero-order valence-corrected chi connectivity index (χ0v) is 39.7. The number of nitrogens with zero attached hydrogens (tertiary/aromatic N) is 9. The zero-order chi connectivity index (χ0) is 44.2. The van der Waals surface area contributed by atoms with Gasteiger partial charge in [-0.3, -0.25) is 28.3 Å². The number of ether oxygens (including phenoxy) is 1. The maximum Gasteiger partial charge on any atom is 1.00 e. The Morgan fingerprint density at radius 2 is 1.14 bits per heavy atom. The first-order chi connectivity index (χ1) is 29.8. The standard InChI is InChI=1S/C14H10ClN3O3S.2C12H6ClN3O3S.Na.2H2O/c1-2-21-13(20)9-7-18(14-16-5-6-22-14)12-8(11(9)19)3-4-10(15)17-12;13-8-2-1-6-9(18)7(5-17)11(19)16(10(6)15-8)12-14-3-4-20-12;13-8-2-1-6-9(17)7(11(18)19)5-16(10(6)15-8)12-14-3-4-20-12;;;/h3-7H,2H2,1H3;1-5,18H;1-5H,(H,18,19);;2*1H2/q;;;+1;;/p-1. The number of halogens is 3. The first-order valence-corrected chi connectivity index (χ1v) is 21.0. The molecule has 0 radical (unpaired) electrons. The summed E-state index contributed by atoms with van der Waals surface area (Å²) in [5, 5.41) is 27.1. The molecule has 0 unspecified atom stereocenters. The minimum atomic E-state index is -1.29. The molecule has 0 saturated carbocycles. The van der Waals surface area contributed by atoms with Crippen molar-refractivity contribution in [3.05, 3.63) is 146 Å². The summed E-state index contributed by atoms with van der Waals surface area (Å²) in [6.45, 7) is 1.87. The van der Waals surface area contributed by atoms with Crippen LogP contribution in [0.2, 0.25) is 15.5 Å². The number of aromatic nitrogens is 9. The summed E-state index contributed by atoms with van der Waals surface area (Å²) in [5.41, 5.74) is -1.67. The molecule has 0 saturated heterocycles. The number of aromatic carboxylic acids is 1. The number of carbonyl (C=O) groups excluding carboxylic acids is 2. The Balaban J connectivity index is 0.000000209. The van der Waals surface area contributed by atoms with Crippen LogP contribution in [0, 0.1) is 0 Å². The number of aldehydes is 1. The summed E-state index contributed by atoms with van der Waals surface area (Å²) >= 11 is 21.5. The van der Waals surface area contributed by atoms with E-state index in [1.165, 1.54) is 87.5 Å². The molecule has 0 atom stereocenters. The van der Waals surface area contributed by atoms with Gasteiger partial charge in [0.2, 0.25) is 10.9 Å². The summed E-state index contributed by atoms with van der Waals surface area (Å²) in [6, 6.07) is 8.92. The number of hydrogen-bond donors (Lipinski definition) is 2. The maximum absolute atomic E-state index is 12.5. The molecule has 5 N–H and O–H groups in total. The van der Waals surface area contributed by atoms with Crippen LogP contribution in [0.25, 0.3) is 48.5 Å². The van der Waals surface area contributed by atoms with Crippen molar-refractivity contribution in [2.45, 2.75) is 6.92 Å². The van der Waals surface area contributed by atoms with E-state index >= 15 is 0 Å². The van der Waals surface area contributed by atoms with Gasteiger partial charge in [-0.1, -0.05) is 34.8 Å². The van der Waals surface area contributed by atoms with Gasteiger partial charge < -0.3 is 25.9 Å². The molecule has 9 heterocycles. The number of carboxylic acid groups (broad SMARTS) is 1. The molecule has 9 rings (SSSR count). The fourth-order valence-electron chi connectivity index (χ4n) is 5.68. The molecule has 0 amide bonds. The Kier molecular flexibility index (Phi) is 17.8. The molecule has 0 aliphatic rings. The molecule has 0 bridgehead atoms. The third-order valence-corrected chi connectivity index (χ3v) is 11.3. The largest absolute Gasteiger partial charge is 1.00 e. The quantitative estimate of drug-likeness (QED) is 0.100. The molecule has 20 nitrogen and oxygen atoms in total. The average molecular weight is 1010 g/mol. The van der Waals surface area contributed by atoms with E-state index in [0.717, 1.165) is 4.57 Å². The van der Waals surface area contributed by atoms with Crippen LogP contribution in [0.5, 0.6) is 5.75 Å². The van der Waals surface area contributed by atoms with Gasteiger partial charge >= 0.3 is 41.5 Å². The van der Waals surface area contributed by atoms with Crippen LogP contribution in [0.4, 0.5) is 0 Å². The molecule has 0 fully saturated rings. The van der Waals surface area contributed by atoms with Gasteiger partial charge in [-0.25, -0.2) is 44.1 Å². The Hall–Kier alpha value is -5.83. The molecule has 0 aliphatic carbocycles. The summed E-state index contributed by atoms with van der Waals surface area (Å²) in [4.78, 5) is 95.7. The van der Waals surface area contributed by atoms with Crippen molar-refractivity contribution in [2.24, 2.45) is 0 Å². The molecule has 65 heavy (non-hydrogen) atoms. The number of aromatic hydroxyl groups is 1. The second kappa shape index (κ2) is 22.4. The summed E-state index contributed by atoms with van der Waals surface area (Å²) in [6.07, 6.45) is 7.65. The summed E-state index contributed by atoms with van der Waals surface area (Å²) in [5.74, 6) is -2.37. The van der Waals surface area contributed by atoms with Crippen molar-refractivity contribution >= 4 is 120 Å². The van der Waals surface area contributed by atoms with E-state index in [2.05, 4.69) is 29.9 Å². The summed E-state index contributed by atoms with van der Waals surface area (Å²) in [7, 11) is 0. The molecule has 0 aromatic carbocycles. The number of carbonyl (C=O) groups is 3. The van der Waals surface area contributed by atoms with Crippen LogP contribution < -0.4 is 46.0 Å². The number of rotatable bonds is 7.